The van der Waals surface area contributed by atoms with Gasteiger partial charge in [-0.15, -0.1) is 10.2 Å². The molecule has 3 heterocycles. The normalized spacial score (nSPS) is 11.1. The van der Waals surface area contributed by atoms with Crippen molar-refractivity contribution in [1.82, 2.24) is 19.6 Å². The molecule has 0 aliphatic carbocycles. The number of hydrogen-bond donors (Lipinski definition) is 0. The largest absolute Gasteiger partial charge is 0.469 e. The molecule has 0 unspecified atom stereocenters. The molecule has 3 rings (SSSR count). The summed E-state index contributed by atoms with van der Waals surface area (Å²) in [5.41, 5.74) is 1.46. The van der Waals surface area contributed by atoms with Gasteiger partial charge in [0.25, 0.3) is 0 Å². The fraction of sp³-hybridized carbons (Fsp3) is 0.100. The third-order valence-corrected chi connectivity index (χ3v) is 2.53. The summed E-state index contributed by atoms with van der Waals surface area (Å²) in [5.74, 6) is 1.47. The van der Waals surface area contributed by atoms with E-state index in [1.54, 1.807) is 23.1 Å². The van der Waals surface area contributed by atoms with E-state index >= 15 is 0 Å². The van der Waals surface area contributed by atoms with Crippen LogP contribution in [0, 0.1) is 6.92 Å². The SMILES string of the molecule is Cc1cc(-c2nnc3cncc(Cl)n23)co1. The first kappa shape index (κ1) is 9.35. The molecule has 0 atom stereocenters. The number of aromatic nitrogens is 4. The Bertz CT molecular complexity index is 658. The molecule has 0 aliphatic heterocycles. The molecule has 5 nitrogen and oxygen atoms in total. The lowest BCUT2D eigenvalue weighted by Gasteiger charge is -1.97. The number of rotatable bonds is 1. The molecule has 0 N–H and O–H groups in total. The molecule has 0 saturated heterocycles. The molecule has 6 heteroatoms. The van der Waals surface area contributed by atoms with Gasteiger partial charge in [-0.25, -0.2) is 0 Å². The Morgan fingerprint density at radius 2 is 2.19 bits per heavy atom. The van der Waals surface area contributed by atoms with Crippen LogP contribution < -0.4 is 0 Å². The van der Waals surface area contributed by atoms with Crippen LogP contribution in [0.25, 0.3) is 17.0 Å². The molecule has 0 aromatic carbocycles. The zero-order valence-corrected chi connectivity index (χ0v) is 9.14. The molecule has 80 valence electrons. The monoisotopic (exact) mass is 234 g/mol. The first-order valence-corrected chi connectivity index (χ1v) is 5.03. The van der Waals surface area contributed by atoms with Crippen LogP contribution in [0.2, 0.25) is 5.15 Å². The molecule has 0 radical (unpaired) electrons. The van der Waals surface area contributed by atoms with Crippen LogP contribution in [-0.2, 0) is 0 Å². The molecular weight excluding hydrogens is 228 g/mol. The summed E-state index contributed by atoms with van der Waals surface area (Å²) in [6.45, 7) is 1.87. The van der Waals surface area contributed by atoms with Crippen LogP contribution in [0.5, 0.6) is 0 Å². The highest BCUT2D eigenvalue weighted by Crippen LogP contribution is 2.23. The minimum Gasteiger partial charge on any atom is -0.469 e. The number of furan rings is 1. The third kappa shape index (κ3) is 1.29. The topological polar surface area (TPSA) is 56.2 Å². The number of halogens is 1. The Labute approximate surface area is 95.7 Å². The third-order valence-electron chi connectivity index (χ3n) is 2.26. The average molecular weight is 235 g/mol. The smallest absolute Gasteiger partial charge is 0.180 e. The lowest BCUT2D eigenvalue weighted by atomic mass is 10.3. The average Bonchev–Trinajstić information content (AvgIpc) is 2.84. The van der Waals surface area contributed by atoms with Gasteiger partial charge in [0, 0.05) is 0 Å². The molecule has 0 spiro atoms. The fourth-order valence-electron chi connectivity index (χ4n) is 1.56. The van der Waals surface area contributed by atoms with E-state index in [1.807, 2.05) is 13.0 Å². The second-order valence-electron chi connectivity index (χ2n) is 3.39. The van der Waals surface area contributed by atoms with Crippen LogP contribution in [0.3, 0.4) is 0 Å². The lowest BCUT2D eigenvalue weighted by Crippen LogP contribution is -1.91. The van der Waals surface area contributed by atoms with Crippen LogP contribution >= 0.6 is 11.6 Å². The van der Waals surface area contributed by atoms with Gasteiger partial charge in [0.05, 0.1) is 18.0 Å². The van der Waals surface area contributed by atoms with Crippen LogP contribution in [0.4, 0.5) is 0 Å². The Morgan fingerprint density at radius 3 is 2.94 bits per heavy atom. The van der Waals surface area contributed by atoms with Gasteiger partial charge in [-0.2, -0.15) is 0 Å². The first-order valence-electron chi connectivity index (χ1n) is 4.66. The molecular formula is C10H7ClN4O. The van der Waals surface area contributed by atoms with Crippen molar-refractivity contribution in [3.63, 3.8) is 0 Å². The highest BCUT2D eigenvalue weighted by molar-refractivity contribution is 6.29. The maximum atomic E-state index is 6.05. The summed E-state index contributed by atoms with van der Waals surface area (Å²) in [6, 6.07) is 1.88. The first-order chi connectivity index (χ1) is 7.75. The van der Waals surface area contributed by atoms with Crippen LogP contribution in [0.15, 0.2) is 29.1 Å². The van der Waals surface area contributed by atoms with Crippen molar-refractivity contribution < 1.29 is 4.42 Å². The predicted molar refractivity (Wildman–Crippen MR) is 58.2 cm³/mol. The molecule has 0 fully saturated rings. The van der Waals surface area contributed by atoms with Crippen molar-refractivity contribution in [1.29, 1.82) is 0 Å². The van der Waals surface area contributed by atoms with E-state index in [2.05, 4.69) is 15.2 Å². The van der Waals surface area contributed by atoms with E-state index in [4.69, 9.17) is 16.0 Å². The number of nitrogens with zero attached hydrogens (tertiary/aromatic N) is 4. The van der Waals surface area contributed by atoms with Crippen molar-refractivity contribution in [2.75, 3.05) is 0 Å². The molecule has 16 heavy (non-hydrogen) atoms. The summed E-state index contributed by atoms with van der Waals surface area (Å²) in [7, 11) is 0. The second kappa shape index (κ2) is 3.31. The Morgan fingerprint density at radius 1 is 1.31 bits per heavy atom. The van der Waals surface area contributed by atoms with Gasteiger partial charge in [-0.05, 0) is 13.0 Å². The zero-order chi connectivity index (χ0) is 11.1. The minimum atomic E-state index is 0.469. The van der Waals surface area contributed by atoms with E-state index in [9.17, 15) is 0 Å². The quantitative estimate of drug-likeness (QED) is 0.649. The van der Waals surface area contributed by atoms with Gasteiger partial charge in [0.2, 0.25) is 0 Å². The second-order valence-corrected chi connectivity index (χ2v) is 3.78. The Hall–Kier alpha value is -1.88. The molecule has 0 amide bonds. The summed E-state index contributed by atoms with van der Waals surface area (Å²) in [5, 5.41) is 8.53. The lowest BCUT2D eigenvalue weighted by molar-refractivity contribution is 0.534. The van der Waals surface area contributed by atoms with Crippen LogP contribution in [-0.4, -0.2) is 19.6 Å². The van der Waals surface area contributed by atoms with Crippen LogP contribution in [0.1, 0.15) is 5.76 Å². The Balaban J connectivity index is 2.32. The van der Waals surface area contributed by atoms with E-state index in [0.717, 1.165) is 11.3 Å². The summed E-state index contributed by atoms with van der Waals surface area (Å²) in [6.07, 6.45) is 4.78. The van der Waals surface area contributed by atoms with Crippen molar-refractivity contribution >= 4 is 17.2 Å². The predicted octanol–water partition coefficient (Wildman–Crippen LogP) is 2.35. The number of fused-ring (bicyclic) bond motifs is 1. The minimum absolute atomic E-state index is 0.469. The van der Waals surface area contributed by atoms with Crippen molar-refractivity contribution in [2.45, 2.75) is 6.92 Å². The van der Waals surface area contributed by atoms with Gasteiger partial charge >= 0.3 is 0 Å². The Kier molecular flexibility index (Phi) is 1.94. The van der Waals surface area contributed by atoms with E-state index in [1.165, 1.54) is 0 Å². The zero-order valence-electron chi connectivity index (χ0n) is 8.38. The molecule has 0 bridgehead atoms. The van der Waals surface area contributed by atoms with Gasteiger partial charge < -0.3 is 4.42 Å². The summed E-state index contributed by atoms with van der Waals surface area (Å²) >= 11 is 6.05. The molecule has 3 aromatic heterocycles. The standard InChI is InChI=1S/C10H7ClN4O/c1-6-2-7(5-16-6)10-14-13-9-4-12-3-8(11)15(9)10/h2-5H,1H3. The number of aryl methyl sites for hydroxylation is 1. The fourth-order valence-corrected chi connectivity index (χ4v) is 1.78. The molecule has 0 aliphatic rings. The highest BCUT2D eigenvalue weighted by atomic mass is 35.5. The summed E-state index contributed by atoms with van der Waals surface area (Å²) < 4.78 is 6.96. The van der Waals surface area contributed by atoms with E-state index in [-0.39, 0.29) is 0 Å². The van der Waals surface area contributed by atoms with Gasteiger partial charge in [-0.1, -0.05) is 11.6 Å². The maximum absolute atomic E-state index is 6.05. The van der Waals surface area contributed by atoms with Crippen molar-refractivity contribution in [2.24, 2.45) is 0 Å². The van der Waals surface area contributed by atoms with Crippen molar-refractivity contribution in [3.8, 4) is 11.4 Å². The van der Waals surface area contributed by atoms with Gasteiger partial charge in [0.15, 0.2) is 11.5 Å². The van der Waals surface area contributed by atoms with Crippen molar-refractivity contribution in [3.05, 3.63) is 35.6 Å². The molecule has 0 saturated carbocycles. The summed E-state index contributed by atoms with van der Waals surface area (Å²) in [4.78, 5) is 3.95. The van der Waals surface area contributed by atoms with Gasteiger partial charge in [-0.3, -0.25) is 9.38 Å². The van der Waals surface area contributed by atoms with E-state index in [0.29, 0.717) is 16.6 Å². The van der Waals surface area contributed by atoms with E-state index < -0.39 is 0 Å². The molecule has 3 aromatic rings. The highest BCUT2D eigenvalue weighted by Gasteiger charge is 2.12. The number of hydrogen-bond acceptors (Lipinski definition) is 4. The maximum Gasteiger partial charge on any atom is 0.180 e. The van der Waals surface area contributed by atoms with Gasteiger partial charge in [0.1, 0.15) is 17.2 Å².